The number of halogens is 2. The van der Waals surface area contributed by atoms with E-state index < -0.39 is 0 Å². The van der Waals surface area contributed by atoms with Crippen molar-refractivity contribution < 1.29 is 9.53 Å². The van der Waals surface area contributed by atoms with Crippen LogP contribution in [-0.4, -0.2) is 46.9 Å². The van der Waals surface area contributed by atoms with Gasteiger partial charge in [0.15, 0.2) is 0 Å². The highest BCUT2D eigenvalue weighted by molar-refractivity contribution is 9.10. The first-order valence-corrected chi connectivity index (χ1v) is 8.20. The van der Waals surface area contributed by atoms with Crippen molar-refractivity contribution >= 4 is 37.8 Å². The zero-order valence-electron chi connectivity index (χ0n) is 10.5. The van der Waals surface area contributed by atoms with Gasteiger partial charge in [-0.05, 0) is 40.9 Å². The van der Waals surface area contributed by atoms with Gasteiger partial charge in [0, 0.05) is 29.1 Å². The van der Waals surface area contributed by atoms with E-state index in [-0.39, 0.29) is 12.0 Å². The number of likely N-dealkylation sites (tertiary alicyclic amines) is 1. The van der Waals surface area contributed by atoms with Gasteiger partial charge < -0.3 is 9.64 Å². The van der Waals surface area contributed by atoms with Crippen LogP contribution < -0.4 is 0 Å². The Hall–Kier alpha value is -0.460. The van der Waals surface area contributed by atoms with Crippen molar-refractivity contribution in [3.05, 3.63) is 28.5 Å². The molecule has 0 saturated carbocycles. The normalized spacial score (nSPS) is 16.6. The SMILES string of the molecule is O=C(c1ccc(Br)cn1)N1CCC(OCCBr)CC1. The topological polar surface area (TPSA) is 42.4 Å². The summed E-state index contributed by atoms with van der Waals surface area (Å²) in [4.78, 5) is 18.2. The third kappa shape index (κ3) is 4.26. The van der Waals surface area contributed by atoms with E-state index in [0.29, 0.717) is 5.69 Å². The van der Waals surface area contributed by atoms with Crippen molar-refractivity contribution in [2.45, 2.75) is 18.9 Å². The van der Waals surface area contributed by atoms with E-state index in [2.05, 4.69) is 36.8 Å². The van der Waals surface area contributed by atoms with Crippen LogP contribution in [0.3, 0.4) is 0 Å². The quantitative estimate of drug-likeness (QED) is 0.741. The van der Waals surface area contributed by atoms with Crippen LogP contribution in [0.5, 0.6) is 0 Å². The summed E-state index contributed by atoms with van der Waals surface area (Å²) in [5, 5.41) is 0.856. The molecule has 0 radical (unpaired) electrons. The number of pyridine rings is 1. The van der Waals surface area contributed by atoms with Crippen molar-refractivity contribution in [1.82, 2.24) is 9.88 Å². The molecule has 0 bridgehead atoms. The monoisotopic (exact) mass is 390 g/mol. The van der Waals surface area contributed by atoms with E-state index in [0.717, 1.165) is 42.3 Å². The molecule has 1 aliphatic heterocycles. The van der Waals surface area contributed by atoms with E-state index in [4.69, 9.17) is 4.74 Å². The number of amides is 1. The first kappa shape index (κ1) is 14.9. The Balaban J connectivity index is 1.87. The number of carbonyl (C=O) groups excluding carboxylic acids is 1. The van der Waals surface area contributed by atoms with E-state index in [1.165, 1.54) is 0 Å². The minimum atomic E-state index is 0.00596. The second-order valence-corrected chi connectivity index (χ2v) is 6.12. The van der Waals surface area contributed by atoms with E-state index in [1.54, 1.807) is 12.3 Å². The molecule has 4 nitrogen and oxygen atoms in total. The number of carbonyl (C=O) groups is 1. The molecule has 1 aromatic rings. The molecule has 0 N–H and O–H groups in total. The molecule has 104 valence electrons. The zero-order valence-corrected chi connectivity index (χ0v) is 13.7. The van der Waals surface area contributed by atoms with E-state index in [9.17, 15) is 4.79 Å². The van der Waals surface area contributed by atoms with Gasteiger partial charge >= 0.3 is 0 Å². The molecular formula is C13H16Br2N2O2. The number of nitrogens with zero attached hydrogens (tertiary/aromatic N) is 2. The van der Waals surface area contributed by atoms with Crippen LogP contribution in [0, 0.1) is 0 Å². The minimum Gasteiger partial charge on any atom is -0.377 e. The Bertz CT molecular complexity index is 417. The van der Waals surface area contributed by atoms with Crippen molar-refractivity contribution in [1.29, 1.82) is 0 Å². The van der Waals surface area contributed by atoms with Crippen LogP contribution >= 0.6 is 31.9 Å². The van der Waals surface area contributed by atoms with Crippen molar-refractivity contribution in [2.24, 2.45) is 0 Å². The van der Waals surface area contributed by atoms with Crippen molar-refractivity contribution in [3.63, 3.8) is 0 Å². The Morgan fingerprint density at radius 3 is 2.74 bits per heavy atom. The van der Waals surface area contributed by atoms with E-state index in [1.807, 2.05) is 11.0 Å². The molecule has 6 heteroatoms. The molecular weight excluding hydrogens is 376 g/mol. The first-order valence-electron chi connectivity index (χ1n) is 6.29. The van der Waals surface area contributed by atoms with Crippen LogP contribution in [0.25, 0.3) is 0 Å². The Morgan fingerprint density at radius 2 is 2.16 bits per heavy atom. The number of aromatic nitrogens is 1. The Kier molecular flexibility index (Phi) is 5.78. The van der Waals surface area contributed by atoms with Crippen molar-refractivity contribution in [2.75, 3.05) is 25.0 Å². The largest absolute Gasteiger partial charge is 0.377 e. The molecule has 19 heavy (non-hydrogen) atoms. The van der Waals surface area contributed by atoms with Crippen LogP contribution in [0.1, 0.15) is 23.3 Å². The van der Waals surface area contributed by atoms with Gasteiger partial charge in [0.25, 0.3) is 5.91 Å². The second kappa shape index (κ2) is 7.36. The first-order chi connectivity index (χ1) is 9.20. The van der Waals surface area contributed by atoms with Crippen LogP contribution in [0.2, 0.25) is 0 Å². The lowest BCUT2D eigenvalue weighted by Crippen LogP contribution is -2.41. The molecule has 1 aromatic heterocycles. The molecule has 2 rings (SSSR count). The summed E-state index contributed by atoms with van der Waals surface area (Å²) in [5.74, 6) is 0.00596. The third-order valence-corrected chi connectivity index (χ3v) is 3.90. The number of hydrogen-bond donors (Lipinski definition) is 0. The van der Waals surface area contributed by atoms with Gasteiger partial charge in [-0.3, -0.25) is 4.79 Å². The molecule has 1 fully saturated rings. The average molecular weight is 392 g/mol. The lowest BCUT2D eigenvalue weighted by Gasteiger charge is -2.31. The standard InChI is InChI=1S/C13H16Br2N2O2/c14-5-8-19-11-3-6-17(7-4-11)13(18)12-2-1-10(15)9-16-12/h1-2,9,11H,3-8H2. The number of piperidine rings is 1. The molecule has 0 unspecified atom stereocenters. The summed E-state index contributed by atoms with van der Waals surface area (Å²) in [6.07, 6.45) is 3.73. The Labute approximate surface area is 129 Å². The van der Waals surface area contributed by atoms with Gasteiger partial charge in [-0.2, -0.15) is 0 Å². The van der Waals surface area contributed by atoms with Crippen LogP contribution in [-0.2, 0) is 4.74 Å². The average Bonchev–Trinajstić information content (AvgIpc) is 2.46. The summed E-state index contributed by atoms with van der Waals surface area (Å²) in [6.45, 7) is 2.21. The van der Waals surface area contributed by atoms with Gasteiger partial charge in [0.05, 0.1) is 12.7 Å². The predicted molar refractivity (Wildman–Crippen MR) is 80.6 cm³/mol. The molecule has 1 amide bonds. The summed E-state index contributed by atoms with van der Waals surface area (Å²) in [7, 11) is 0. The fraction of sp³-hybridized carbons (Fsp3) is 0.538. The van der Waals surface area contributed by atoms with Gasteiger partial charge in [0.1, 0.15) is 5.69 Å². The summed E-state index contributed by atoms with van der Waals surface area (Å²) < 4.78 is 6.56. The highest BCUT2D eigenvalue weighted by atomic mass is 79.9. The van der Waals surface area contributed by atoms with E-state index >= 15 is 0 Å². The van der Waals surface area contributed by atoms with Gasteiger partial charge in [-0.15, -0.1) is 0 Å². The molecule has 1 saturated heterocycles. The van der Waals surface area contributed by atoms with Gasteiger partial charge in [-0.25, -0.2) is 4.98 Å². The molecule has 0 aliphatic carbocycles. The molecule has 0 aromatic carbocycles. The van der Waals surface area contributed by atoms with Gasteiger partial charge in [0.2, 0.25) is 0 Å². The molecule has 0 spiro atoms. The summed E-state index contributed by atoms with van der Waals surface area (Å²) in [5.41, 5.74) is 0.503. The number of ether oxygens (including phenoxy) is 1. The number of hydrogen-bond acceptors (Lipinski definition) is 3. The fourth-order valence-electron chi connectivity index (χ4n) is 2.10. The molecule has 0 atom stereocenters. The van der Waals surface area contributed by atoms with Gasteiger partial charge in [-0.1, -0.05) is 15.9 Å². The lowest BCUT2D eigenvalue weighted by molar-refractivity contribution is 0.0158. The predicted octanol–water partition coefficient (Wildman–Crippen LogP) is 2.86. The minimum absolute atomic E-state index is 0.00596. The third-order valence-electron chi connectivity index (χ3n) is 3.11. The highest BCUT2D eigenvalue weighted by Crippen LogP contribution is 2.16. The highest BCUT2D eigenvalue weighted by Gasteiger charge is 2.24. The van der Waals surface area contributed by atoms with Crippen molar-refractivity contribution in [3.8, 4) is 0 Å². The lowest BCUT2D eigenvalue weighted by atomic mass is 10.1. The molecule has 1 aliphatic rings. The summed E-state index contributed by atoms with van der Waals surface area (Å²) >= 11 is 6.66. The van der Waals surface area contributed by atoms with Crippen LogP contribution in [0.15, 0.2) is 22.8 Å². The van der Waals surface area contributed by atoms with Crippen LogP contribution in [0.4, 0.5) is 0 Å². The summed E-state index contributed by atoms with van der Waals surface area (Å²) in [6, 6.07) is 3.59. The maximum absolute atomic E-state index is 12.2. The number of alkyl halides is 1. The number of rotatable bonds is 4. The Morgan fingerprint density at radius 1 is 1.42 bits per heavy atom. The fourth-order valence-corrected chi connectivity index (χ4v) is 2.52. The maximum atomic E-state index is 12.2. The zero-order chi connectivity index (χ0) is 13.7. The second-order valence-electron chi connectivity index (χ2n) is 4.41. The molecule has 2 heterocycles. The smallest absolute Gasteiger partial charge is 0.272 e. The maximum Gasteiger partial charge on any atom is 0.272 e.